The Morgan fingerprint density at radius 3 is 2.78 bits per heavy atom. The maximum atomic E-state index is 11.8. The van der Waals surface area contributed by atoms with Crippen molar-refractivity contribution in [2.24, 2.45) is 5.92 Å². The summed E-state index contributed by atoms with van der Waals surface area (Å²) < 4.78 is 5.12. The van der Waals surface area contributed by atoms with Crippen LogP contribution in [0, 0.1) is 5.92 Å². The number of piperidine rings is 1. The van der Waals surface area contributed by atoms with Gasteiger partial charge in [0.15, 0.2) is 0 Å². The molecule has 1 unspecified atom stereocenters. The monoisotopic (exact) mass is 255 g/mol. The number of aliphatic hydroxyl groups excluding tert-OH is 1. The molecule has 0 amide bonds. The van der Waals surface area contributed by atoms with Gasteiger partial charge in [0, 0.05) is 12.6 Å². The van der Waals surface area contributed by atoms with Crippen LogP contribution < -0.4 is 0 Å². The lowest BCUT2D eigenvalue weighted by Crippen LogP contribution is -2.50. The summed E-state index contributed by atoms with van der Waals surface area (Å²) in [4.78, 5) is 14.1. The normalized spacial score (nSPS) is 34.2. The molecule has 1 aliphatic heterocycles. The maximum Gasteiger partial charge on any atom is 0.310 e. The fourth-order valence-electron chi connectivity index (χ4n) is 3.28. The molecule has 0 aromatic carbocycles. The summed E-state index contributed by atoms with van der Waals surface area (Å²) >= 11 is 0. The Bertz CT molecular complexity index is 282. The lowest BCUT2D eigenvalue weighted by atomic mass is 9.88. The summed E-state index contributed by atoms with van der Waals surface area (Å²) in [5.74, 6) is -0.0553. The zero-order valence-electron chi connectivity index (χ0n) is 11.3. The second-order valence-corrected chi connectivity index (χ2v) is 5.51. The molecule has 0 aromatic rings. The van der Waals surface area contributed by atoms with E-state index in [0.717, 1.165) is 45.2 Å². The van der Waals surface area contributed by atoms with Crippen LogP contribution in [0.5, 0.6) is 0 Å². The Kier molecular flexibility index (Phi) is 5.01. The predicted octanol–water partition coefficient (Wildman–Crippen LogP) is 1.56. The van der Waals surface area contributed by atoms with Crippen molar-refractivity contribution < 1.29 is 14.6 Å². The van der Waals surface area contributed by atoms with Crippen molar-refractivity contribution in [1.82, 2.24) is 4.90 Å². The van der Waals surface area contributed by atoms with E-state index in [-0.39, 0.29) is 24.0 Å². The Labute approximate surface area is 109 Å². The van der Waals surface area contributed by atoms with Crippen molar-refractivity contribution in [3.8, 4) is 0 Å². The highest BCUT2D eigenvalue weighted by Gasteiger charge is 2.34. The Balaban J connectivity index is 1.91. The highest BCUT2D eigenvalue weighted by atomic mass is 16.5. The van der Waals surface area contributed by atoms with E-state index in [9.17, 15) is 9.90 Å². The molecule has 2 aliphatic rings. The predicted molar refractivity (Wildman–Crippen MR) is 69.2 cm³/mol. The average molecular weight is 255 g/mol. The van der Waals surface area contributed by atoms with E-state index in [1.165, 1.54) is 6.42 Å². The first-order valence-electron chi connectivity index (χ1n) is 7.31. The van der Waals surface area contributed by atoms with Crippen LogP contribution >= 0.6 is 0 Å². The first-order chi connectivity index (χ1) is 8.72. The second-order valence-electron chi connectivity index (χ2n) is 5.51. The van der Waals surface area contributed by atoms with Crippen molar-refractivity contribution in [2.45, 2.75) is 57.6 Å². The SMILES string of the molecule is CCOC(=O)C1CCCN([C@H]2CCCC[C@@H]2O)C1. The maximum absolute atomic E-state index is 11.8. The number of rotatable bonds is 3. The second kappa shape index (κ2) is 6.53. The van der Waals surface area contributed by atoms with Gasteiger partial charge in [-0.25, -0.2) is 0 Å². The minimum Gasteiger partial charge on any atom is -0.466 e. The van der Waals surface area contributed by atoms with Gasteiger partial charge in [0.25, 0.3) is 0 Å². The van der Waals surface area contributed by atoms with Crippen LogP contribution in [0.2, 0.25) is 0 Å². The van der Waals surface area contributed by atoms with Crippen molar-refractivity contribution in [1.29, 1.82) is 0 Å². The molecule has 4 heteroatoms. The van der Waals surface area contributed by atoms with Crippen molar-refractivity contribution in [3.05, 3.63) is 0 Å². The molecule has 2 rings (SSSR count). The lowest BCUT2D eigenvalue weighted by molar-refractivity contribution is -0.150. The van der Waals surface area contributed by atoms with Gasteiger partial charge >= 0.3 is 5.97 Å². The summed E-state index contributed by atoms with van der Waals surface area (Å²) in [6.07, 6.45) is 6.06. The van der Waals surface area contributed by atoms with Crippen LogP contribution in [0.4, 0.5) is 0 Å². The van der Waals surface area contributed by atoms with E-state index < -0.39 is 0 Å². The zero-order chi connectivity index (χ0) is 13.0. The van der Waals surface area contributed by atoms with E-state index in [2.05, 4.69) is 4.90 Å². The number of nitrogens with zero attached hydrogens (tertiary/aromatic N) is 1. The molecular weight excluding hydrogens is 230 g/mol. The third kappa shape index (κ3) is 3.23. The molecule has 0 bridgehead atoms. The van der Waals surface area contributed by atoms with E-state index in [4.69, 9.17) is 4.74 Å². The average Bonchev–Trinajstić information content (AvgIpc) is 2.40. The number of esters is 1. The number of aliphatic hydroxyl groups is 1. The molecule has 1 heterocycles. The van der Waals surface area contributed by atoms with Gasteiger partial charge in [-0.1, -0.05) is 12.8 Å². The highest BCUT2D eigenvalue weighted by Crippen LogP contribution is 2.27. The summed E-state index contributed by atoms with van der Waals surface area (Å²) in [6, 6.07) is 0.260. The number of hydrogen-bond acceptors (Lipinski definition) is 4. The summed E-state index contributed by atoms with van der Waals surface area (Å²) in [6.45, 7) is 4.09. The molecule has 0 spiro atoms. The topological polar surface area (TPSA) is 49.8 Å². The smallest absolute Gasteiger partial charge is 0.310 e. The molecule has 3 atom stereocenters. The van der Waals surface area contributed by atoms with Crippen LogP contribution in [0.1, 0.15) is 45.4 Å². The van der Waals surface area contributed by atoms with Gasteiger partial charge in [0.2, 0.25) is 0 Å². The van der Waals surface area contributed by atoms with Gasteiger partial charge in [0.1, 0.15) is 0 Å². The van der Waals surface area contributed by atoms with Crippen LogP contribution in [0.3, 0.4) is 0 Å². The summed E-state index contributed by atoms with van der Waals surface area (Å²) in [5, 5.41) is 10.1. The molecule has 1 saturated carbocycles. The van der Waals surface area contributed by atoms with Crippen LogP contribution in [0.25, 0.3) is 0 Å². The molecule has 18 heavy (non-hydrogen) atoms. The quantitative estimate of drug-likeness (QED) is 0.778. The van der Waals surface area contributed by atoms with E-state index >= 15 is 0 Å². The molecule has 0 aromatic heterocycles. The molecule has 2 fully saturated rings. The van der Waals surface area contributed by atoms with E-state index in [0.29, 0.717) is 6.61 Å². The molecule has 4 nitrogen and oxygen atoms in total. The Morgan fingerprint density at radius 1 is 1.28 bits per heavy atom. The highest BCUT2D eigenvalue weighted by molar-refractivity contribution is 5.72. The fraction of sp³-hybridized carbons (Fsp3) is 0.929. The van der Waals surface area contributed by atoms with Gasteiger partial charge in [0.05, 0.1) is 18.6 Å². The van der Waals surface area contributed by atoms with Crippen LogP contribution in [-0.2, 0) is 9.53 Å². The van der Waals surface area contributed by atoms with Gasteiger partial charge in [-0.05, 0) is 39.2 Å². The Hall–Kier alpha value is -0.610. The number of likely N-dealkylation sites (tertiary alicyclic amines) is 1. The van der Waals surface area contributed by atoms with Crippen molar-refractivity contribution in [2.75, 3.05) is 19.7 Å². The van der Waals surface area contributed by atoms with Gasteiger partial charge < -0.3 is 9.84 Å². The zero-order valence-corrected chi connectivity index (χ0v) is 11.3. The molecule has 1 aliphatic carbocycles. The van der Waals surface area contributed by atoms with Gasteiger partial charge in [-0.15, -0.1) is 0 Å². The molecule has 1 saturated heterocycles. The first kappa shape index (κ1) is 13.8. The number of hydrogen-bond donors (Lipinski definition) is 1. The molecular formula is C14H25NO3. The number of ether oxygens (including phenoxy) is 1. The van der Waals surface area contributed by atoms with E-state index in [1.807, 2.05) is 6.92 Å². The third-order valence-corrected chi connectivity index (χ3v) is 4.24. The summed E-state index contributed by atoms with van der Waals surface area (Å²) in [5.41, 5.74) is 0. The largest absolute Gasteiger partial charge is 0.466 e. The lowest BCUT2D eigenvalue weighted by Gasteiger charge is -2.41. The fourth-order valence-corrected chi connectivity index (χ4v) is 3.28. The summed E-state index contributed by atoms with van der Waals surface area (Å²) in [7, 11) is 0. The minimum absolute atomic E-state index is 0.00725. The first-order valence-corrected chi connectivity index (χ1v) is 7.31. The van der Waals surface area contributed by atoms with Gasteiger partial charge in [-0.3, -0.25) is 9.69 Å². The molecule has 1 N–H and O–H groups in total. The Morgan fingerprint density at radius 2 is 2.06 bits per heavy atom. The molecule has 104 valence electrons. The standard InChI is InChI=1S/C14H25NO3/c1-2-18-14(17)11-6-5-9-15(10-11)12-7-3-4-8-13(12)16/h11-13,16H,2-10H2,1H3/t11?,12-,13-/m0/s1. The minimum atomic E-state index is -0.209. The molecule has 0 radical (unpaired) electrons. The van der Waals surface area contributed by atoms with Crippen LogP contribution in [-0.4, -0.2) is 47.8 Å². The number of carbonyl (C=O) groups excluding carboxylic acids is 1. The van der Waals surface area contributed by atoms with Gasteiger partial charge in [-0.2, -0.15) is 0 Å². The van der Waals surface area contributed by atoms with Crippen LogP contribution in [0.15, 0.2) is 0 Å². The third-order valence-electron chi connectivity index (χ3n) is 4.24. The van der Waals surface area contributed by atoms with Crippen molar-refractivity contribution in [3.63, 3.8) is 0 Å². The van der Waals surface area contributed by atoms with E-state index in [1.54, 1.807) is 0 Å². The number of carbonyl (C=O) groups is 1. The van der Waals surface area contributed by atoms with Crippen molar-refractivity contribution >= 4 is 5.97 Å².